The van der Waals surface area contributed by atoms with E-state index in [9.17, 15) is 12.8 Å². The van der Waals surface area contributed by atoms with E-state index in [4.69, 9.17) is 17.3 Å². The summed E-state index contributed by atoms with van der Waals surface area (Å²) in [5.74, 6) is -0.347. The molecule has 0 aliphatic carbocycles. The van der Waals surface area contributed by atoms with Crippen molar-refractivity contribution >= 4 is 27.3 Å². The van der Waals surface area contributed by atoms with Gasteiger partial charge in [0, 0.05) is 13.6 Å². The van der Waals surface area contributed by atoms with Crippen LogP contribution in [0.2, 0.25) is 5.02 Å². The summed E-state index contributed by atoms with van der Waals surface area (Å²) in [7, 11) is -2.28. The van der Waals surface area contributed by atoms with Gasteiger partial charge in [-0.25, -0.2) is 17.1 Å². The summed E-state index contributed by atoms with van der Waals surface area (Å²) in [5.41, 5.74) is 5.16. The Kier molecular flexibility index (Phi) is 5.18. The monoisotopic (exact) mass is 308 g/mol. The first-order chi connectivity index (χ1) is 8.66. The molecule has 1 rings (SSSR count). The Morgan fingerprint density at radius 3 is 2.53 bits per heavy atom. The SMILES string of the molecule is CC(C)CCN(C)S(=O)(=O)c1cc(N)c(F)cc1Cl. The lowest BCUT2D eigenvalue weighted by Gasteiger charge is -2.19. The molecule has 108 valence electrons. The number of anilines is 1. The van der Waals surface area contributed by atoms with Crippen LogP contribution in [-0.2, 0) is 10.0 Å². The molecule has 0 amide bonds. The molecule has 0 atom stereocenters. The van der Waals surface area contributed by atoms with Crippen molar-refractivity contribution in [1.29, 1.82) is 0 Å². The lowest BCUT2D eigenvalue weighted by molar-refractivity contribution is 0.428. The molecule has 0 aromatic heterocycles. The van der Waals surface area contributed by atoms with Crippen LogP contribution in [0.4, 0.5) is 10.1 Å². The third-order valence-electron chi connectivity index (χ3n) is 2.76. The molecule has 0 aliphatic rings. The maximum absolute atomic E-state index is 13.2. The lowest BCUT2D eigenvalue weighted by atomic mass is 10.1. The van der Waals surface area contributed by atoms with Gasteiger partial charge in [0.05, 0.1) is 10.7 Å². The maximum Gasteiger partial charge on any atom is 0.244 e. The molecular weight excluding hydrogens is 291 g/mol. The van der Waals surface area contributed by atoms with E-state index >= 15 is 0 Å². The van der Waals surface area contributed by atoms with Gasteiger partial charge in [-0.1, -0.05) is 25.4 Å². The zero-order valence-corrected chi connectivity index (χ0v) is 12.7. The average molecular weight is 309 g/mol. The second-order valence-corrected chi connectivity index (χ2v) is 7.23. The zero-order chi connectivity index (χ0) is 14.8. The molecule has 4 nitrogen and oxygen atoms in total. The minimum atomic E-state index is -3.75. The summed E-state index contributed by atoms with van der Waals surface area (Å²) in [6.07, 6.45) is 0.726. The van der Waals surface area contributed by atoms with Gasteiger partial charge in [-0.05, 0) is 24.5 Å². The van der Waals surface area contributed by atoms with E-state index in [-0.39, 0.29) is 15.6 Å². The highest BCUT2D eigenvalue weighted by atomic mass is 35.5. The van der Waals surface area contributed by atoms with Gasteiger partial charge in [-0.3, -0.25) is 0 Å². The quantitative estimate of drug-likeness (QED) is 0.851. The summed E-state index contributed by atoms with van der Waals surface area (Å²) in [6, 6.07) is 1.97. The summed E-state index contributed by atoms with van der Waals surface area (Å²) in [6.45, 7) is 4.38. The van der Waals surface area contributed by atoms with Crippen molar-refractivity contribution in [2.45, 2.75) is 25.2 Å². The van der Waals surface area contributed by atoms with Crippen LogP contribution in [0.25, 0.3) is 0 Å². The molecule has 0 unspecified atom stereocenters. The van der Waals surface area contributed by atoms with Gasteiger partial charge in [-0.2, -0.15) is 0 Å². The van der Waals surface area contributed by atoms with Crippen molar-refractivity contribution < 1.29 is 12.8 Å². The van der Waals surface area contributed by atoms with Gasteiger partial charge in [0.1, 0.15) is 10.7 Å². The molecule has 0 bridgehead atoms. The predicted octanol–water partition coefficient (Wildman–Crippen LogP) is 2.73. The Balaban J connectivity index is 3.10. The van der Waals surface area contributed by atoms with Crippen LogP contribution in [0.15, 0.2) is 17.0 Å². The molecule has 0 fully saturated rings. The number of benzene rings is 1. The molecule has 0 spiro atoms. The molecule has 7 heteroatoms. The Morgan fingerprint density at radius 1 is 1.42 bits per heavy atom. The van der Waals surface area contributed by atoms with Crippen LogP contribution in [0, 0.1) is 11.7 Å². The zero-order valence-electron chi connectivity index (χ0n) is 11.2. The minimum absolute atomic E-state index is 0.164. The molecule has 19 heavy (non-hydrogen) atoms. The maximum atomic E-state index is 13.2. The van der Waals surface area contributed by atoms with Gasteiger partial charge in [-0.15, -0.1) is 0 Å². The number of hydrogen-bond donors (Lipinski definition) is 1. The van der Waals surface area contributed by atoms with Crippen LogP contribution in [0.5, 0.6) is 0 Å². The highest BCUT2D eigenvalue weighted by molar-refractivity contribution is 7.89. The molecule has 1 aromatic rings. The first-order valence-corrected chi connectivity index (χ1v) is 7.69. The van der Waals surface area contributed by atoms with Gasteiger partial charge in [0.2, 0.25) is 10.0 Å². The third kappa shape index (κ3) is 3.81. The van der Waals surface area contributed by atoms with Gasteiger partial charge in [0.15, 0.2) is 0 Å². The first kappa shape index (κ1) is 16.2. The van der Waals surface area contributed by atoms with Crippen molar-refractivity contribution in [1.82, 2.24) is 4.31 Å². The number of hydrogen-bond acceptors (Lipinski definition) is 3. The molecular formula is C12H18ClFN2O2S. The van der Waals surface area contributed by atoms with Crippen LogP contribution < -0.4 is 5.73 Å². The third-order valence-corrected chi connectivity index (χ3v) is 5.08. The average Bonchev–Trinajstić information content (AvgIpc) is 2.30. The highest BCUT2D eigenvalue weighted by Crippen LogP contribution is 2.28. The molecule has 1 aromatic carbocycles. The number of rotatable bonds is 5. The van der Waals surface area contributed by atoms with Crippen molar-refractivity contribution in [3.05, 3.63) is 23.0 Å². The van der Waals surface area contributed by atoms with Crippen LogP contribution in [0.1, 0.15) is 20.3 Å². The number of sulfonamides is 1. The van der Waals surface area contributed by atoms with E-state index in [1.165, 1.54) is 11.4 Å². The highest BCUT2D eigenvalue weighted by Gasteiger charge is 2.24. The van der Waals surface area contributed by atoms with E-state index < -0.39 is 15.8 Å². The van der Waals surface area contributed by atoms with Gasteiger partial charge >= 0.3 is 0 Å². The van der Waals surface area contributed by atoms with Gasteiger partial charge in [0.25, 0.3) is 0 Å². The molecule has 0 heterocycles. The van der Waals surface area contributed by atoms with Crippen LogP contribution in [0.3, 0.4) is 0 Å². The number of nitrogen functional groups attached to an aromatic ring is 1. The van der Waals surface area contributed by atoms with Gasteiger partial charge < -0.3 is 5.73 Å². The Hall–Kier alpha value is -0.850. The molecule has 0 radical (unpaired) electrons. The van der Waals surface area contributed by atoms with Crippen molar-refractivity contribution in [3.63, 3.8) is 0 Å². The predicted molar refractivity (Wildman–Crippen MR) is 75.1 cm³/mol. The summed E-state index contributed by atoms with van der Waals surface area (Å²) in [4.78, 5) is -0.167. The van der Waals surface area contributed by atoms with E-state index in [0.717, 1.165) is 18.6 Å². The van der Waals surface area contributed by atoms with E-state index in [1.54, 1.807) is 0 Å². The second-order valence-electron chi connectivity index (χ2n) is 4.81. The lowest BCUT2D eigenvalue weighted by Crippen LogP contribution is -2.29. The van der Waals surface area contributed by atoms with Crippen LogP contribution >= 0.6 is 11.6 Å². The Bertz CT molecular complexity index is 561. The Labute approximate surface area is 118 Å². The van der Waals surface area contributed by atoms with E-state index in [0.29, 0.717) is 12.5 Å². The number of halogens is 2. The standard InChI is InChI=1S/C12H18ClFN2O2S/c1-8(2)4-5-16(3)19(17,18)12-7-11(15)10(14)6-9(12)13/h6-8H,4-5,15H2,1-3H3. The molecule has 2 N–H and O–H groups in total. The van der Waals surface area contributed by atoms with E-state index in [1.807, 2.05) is 13.8 Å². The number of nitrogens with two attached hydrogens (primary N) is 1. The minimum Gasteiger partial charge on any atom is -0.396 e. The second kappa shape index (κ2) is 6.07. The first-order valence-electron chi connectivity index (χ1n) is 5.87. The van der Waals surface area contributed by atoms with Crippen molar-refractivity contribution in [2.75, 3.05) is 19.3 Å². The van der Waals surface area contributed by atoms with E-state index in [2.05, 4.69) is 0 Å². The summed E-state index contributed by atoms with van der Waals surface area (Å²) in [5, 5.41) is -0.164. The fourth-order valence-electron chi connectivity index (χ4n) is 1.47. The summed E-state index contributed by atoms with van der Waals surface area (Å²) < 4.78 is 39.0. The largest absolute Gasteiger partial charge is 0.396 e. The number of nitrogens with zero attached hydrogens (tertiary/aromatic N) is 1. The molecule has 0 aliphatic heterocycles. The fourth-order valence-corrected chi connectivity index (χ4v) is 3.18. The molecule has 0 saturated carbocycles. The van der Waals surface area contributed by atoms with Crippen molar-refractivity contribution in [3.8, 4) is 0 Å². The van der Waals surface area contributed by atoms with Crippen LogP contribution in [-0.4, -0.2) is 26.3 Å². The topological polar surface area (TPSA) is 63.4 Å². The smallest absolute Gasteiger partial charge is 0.244 e. The molecule has 0 saturated heterocycles. The normalized spacial score (nSPS) is 12.4. The van der Waals surface area contributed by atoms with Crippen molar-refractivity contribution in [2.24, 2.45) is 5.92 Å². The fraction of sp³-hybridized carbons (Fsp3) is 0.500. The Morgan fingerprint density at radius 2 is 2.00 bits per heavy atom. The summed E-state index contributed by atoms with van der Waals surface area (Å²) >= 11 is 5.79.